The van der Waals surface area contributed by atoms with E-state index in [1.807, 2.05) is 18.7 Å². The van der Waals surface area contributed by atoms with Gasteiger partial charge in [-0.15, -0.1) is 0 Å². The van der Waals surface area contributed by atoms with Crippen LogP contribution in [0.3, 0.4) is 0 Å². The maximum Gasteiger partial charge on any atom is 0.210 e. The van der Waals surface area contributed by atoms with Gasteiger partial charge >= 0.3 is 0 Å². The lowest BCUT2D eigenvalue weighted by atomic mass is 10.2. The fourth-order valence-electron chi connectivity index (χ4n) is 1.56. The molecule has 0 saturated heterocycles. The molecule has 4 heteroatoms. The topological polar surface area (TPSA) is 12.2 Å². The fraction of sp³-hybridized carbons (Fsp3) is 0.889. The largest absolute Gasteiger partial charge is 1.00 e. The minimum absolute atomic E-state index is 0. The number of rotatable bonds is 3. The highest BCUT2D eigenvalue weighted by molar-refractivity contribution is 8.13. The van der Waals surface area contributed by atoms with Gasteiger partial charge in [-0.2, -0.15) is 0 Å². The number of likely N-dealkylation sites (N-methyl/N-ethyl adjacent to an activating group) is 1. The molecule has 0 aromatic carbocycles. The molecule has 0 aromatic heterocycles. The molecule has 78 valence electrons. The van der Waals surface area contributed by atoms with Gasteiger partial charge in [0.2, 0.25) is 5.04 Å². The summed E-state index contributed by atoms with van der Waals surface area (Å²) < 4.78 is 7.78. The second-order valence-electron chi connectivity index (χ2n) is 3.06. The van der Waals surface area contributed by atoms with Crippen LogP contribution in [0.2, 0.25) is 0 Å². The van der Waals surface area contributed by atoms with Crippen LogP contribution in [0, 0.1) is 0 Å². The predicted molar refractivity (Wildman–Crippen MR) is 54.2 cm³/mol. The van der Waals surface area contributed by atoms with Gasteiger partial charge in [0.15, 0.2) is 6.04 Å². The average Bonchev–Trinajstić information content (AvgIpc) is 2.43. The molecular formula is C9H18INOS. The SMILES string of the molecule is CCOC[C@@H]1CCC(SC)=[N+]1C.[I-]. The van der Waals surface area contributed by atoms with Crippen molar-refractivity contribution in [1.82, 2.24) is 0 Å². The Morgan fingerprint density at radius 2 is 2.31 bits per heavy atom. The molecule has 1 aliphatic heterocycles. The molecule has 1 atom stereocenters. The summed E-state index contributed by atoms with van der Waals surface area (Å²) in [6.45, 7) is 3.77. The van der Waals surface area contributed by atoms with Crippen LogP contribution < -0.4 is 24.0 Å². The monoisotopic (exact) mass is 315 g/mol. The number of hydrogen-bond acceptors (Lipinski definition) is 2. The first-order valence-corrected chi connectivity index (χ1v) is 5.72. The van der Waals surface area contributed by atoms with E-state index in [2.05, 4.69) is 17.9 Å². The zero-order valence-electron chi connectivity index (χ0n) is 8.55. The third-order valence-electron chi connectivity index (χ3n) is 2.38. The van der Waals surface area contributed by atoms with Crippen LogP contribution in [0.5, 0.6) is 0 Å². The summed E-state index contributed by atoms with van der Waals surface area (Å²) in [7, 11) is 2.17. The molecule has 1 rings (SSSR count). The molecule has 0 aliphatic carbocycles. The van der Waals surface area contributed by atoms with Crippen LogP contribution >= 0.6 is 11.8 Å². The quantitative estimate of drug-likeness (QED) is 0.469. The summed E-state index contributed by atoms with van der Waals surface area (Å²) in [5.74, 6) is 0. The Balaban J connectivity index is 0.00000144. The number of nitrogens with zero attached hydrogens (tertiary/aromatic N) is 1. The second-order valence-corrected chi connectivity index (χ2v) is 3.94. The molecule has 0 bridgehead atoms. The van der Waals surface area contributed by atoms with Crippen LogP contribution in [-0.4, -0.2) is 42.2 Å². The Morgan fingerprint density at radius 3 is 2.77 bits per heavy atom. The van der Waals surface area contributed by atoms with Crippen molar-refractivity contribution in [2.45, 2.75) is 25.8 Å². The van der Waals surface area contributed by atoms with Crippen molar-refractivity contribution in [1.29, 1.82) is 0 Å². The normalized spacial score (nSPS) is 21.9. The summed E-state index contributed by atoms with van der Waals surface area (Å²) in [6, 6.07) is 0.618. The van der Waals surface area contributed by atoms with E-state index in [0.717, 1.165) is 13.2 Å². The number of halogens is 1. The van der Waals surface area contributed by atoms with Gasteiger partial charge in [-0.3, -0.25) is 0 Å². The molecule has 1 heterocycles. The maximum absolute atomic E-state index is 5.42. The van der Waals surface area contributed by atoms with Crippen molar-refractivity contribution in [3.05, 3.63) is 0 Å². The van der Waals surface area contributed by atoms with Crippen LogP contribution in [0.25, 0.3) is 0 Å². The van der Waals surface area contributed by atoms with E-state index in [1.54, 1.807) is 0 Å². The Hall–Kier alpha value is 0.710. The molecule has 2 nitrogen and oxygen atoms in total. The van der Waals surface area contributed by atoms with Crippen molar-refractivity contribution in [2.75, 3.05) is 26.5 Å². The van der Waals surface area contributed by atoms with Gasteiger partial charge < -0.3 is 28.7 Å². The zero-order chi connectivity index (χ0) is 8.97. The predicted octanol–water partition coefficient (Wildman–Crippen LogP) is -1.41. The van der Waals surface area contributed by atoms with E-state index in [0.29, 0.717) is 6.04 Å². The molecule has 0 amide bonds. The minimum Gasteiger partial charge on any atom is -1.00 e. The van der Waals surface area contributed by atoms with Crippen molar-refractivity contribution >= 4 is 16.8 Å². The Morgan fingerprint density at radius 1 is 1.62 bits per heavy atom. The summed E-state index contributed by atoms with van der Waals surface area (Å²) in [5, 5.41) is 1.50. The van der Waals surface area contributed by atoms with Crippen molar-refractivity contribution in [2.24, 2.45) is 0 Å². The molecule has 0 saturated carbocycles. The first-order chi connectivity index (χ1) is 5.79. The highest BCUT2D eigenvalue weighted by Crippen LogP contribution is 2.17. The summed E-state index contributed by atoms with van der Waals surface area (Å²) in [6.07, 6.45) is 4.64. The summed E-state index contributed by atoms with van der Waals surface area (Å²) in [5.41, 5.74) is 0. The second kappa shape index (κ2) is 7.06. The van der Waals surface area contributed by atoms with Crippen LogP contribution in [0.15, 0.2) is 0 Å². The Bertz CT molecular complexity index is 184. The molecular weight excluding hydrogens is 297 g/mol. The number of thioether (sulfide) groups is 1. The highest BCUT2D eigenvalue weighted by Gasteiger charge is 2.29. The smallest absolute Gasteiger partial charge is 0.210 e. The third-order valence-corrected chi connectivity index (χ3v) is 3.35. The van der Waals surface area contributed by atoms with Gasteiger partial charge in [0.25, 0.3) is 0 Å². The highest BCUT2D eigenvalue weighted by atomic mass is 127. The van der Waals surface area contributed by atoms with Gasteiger partial charge in [0, 0.05) is 19.4 Å². The fourth-order valence-corrected chi connectivity index (χ4v) is 2.32. The lowest BCUT2D eigenvalue weighted by Gasteiger charge is -2.06. The van der Waals surface area contributed by atoms with E-state index in [4.69, 9.17) is 4.74 Å². The molecule has 0 unspecified atom stereocenters. The van der Waals surface area contributed by atoms with E-state index in [9.17, 15) is 0 Å². The van der Waals surface area contributed by atoms with Crippen molar-refractivity contribution < 1.29 is 33.3 Å². The lowest BCUT2D eigenvalue weighted by Crippen LogP contribution is -3.00. The molecule has 0 aromatic rings. The van der Waals surface area contributed by atoms with Gasteiger partial charge in [-0.05, 0) is 13.2 Å². The number of ether oxygens (including phenoxy) is 1. The van der Waals surface area contributed by atoms with Gasteiger partial charge in [-0.25, -0.2) is 4.58 Å². The van der Waals surface area contributed by atoms with Crippen molar-refractivity contribution in [3.8, 4) is 0 Å². The molecule has 0 N–H and O–H groups in total. The molecule has 1 aliphatic rings. The van der Waals surface area contributed by atoms with Crippen molar-refractivity contribution in [3.63, 3.8) is 0 Å². The average molecular weight is 315 g/mol. The molecule has 0 radical (unpaired) electrons. The minimum atomic E-state index is 0. The van der Waals surface area contributed by atoms with E-state index in [-0.39, 0.29) is 24.0 Å². The third kappa shape index (κ3) is 3.75. The summed E-state index contributed by atoms with van der Waals surface area (Å²) >= 11 is 1.86. The van der Waals surface area contributed by atoms with E-state index < -0.39 is 0 Å². The standard InChI is InChI=1S/C9H18NOS.HI/c1-4-11-7-8-5-6-9(12-3)10(8)2;/h8H,4-7H2,1-3H3;1H/q+1;/p-1/t8-;/m0./s1. The van der Waals surface area contributed by atoms with Crippen LogP contribution in [0.1, 0.15) is 19.8 Å². The Kier molecular flexibility index (Phi) is 7.45. The maximum atomic E-state index is 5.42. The lowest BCUT2D eigenvalue weighted by molar-refractivity contribution is -0.531. The molecule has 0 spiro atoms. The van der Waals surface area contributed by atoms with Gasteiger partial charge in [0.1, 0.15) is 13.7 Å². The van der Waals surface area contributed by atoms with Gasteiger partial charge in [-0.1, -0.05) is 11.8 Å². The first kappa shape index (κ1) is 13.7. The van der Waals surface area contributed by atoms with Gasteiger partial charge in [0.05, 0.1) is 0 Å². The van der Waals surface area contributed by atoms with E-state index in [1.165, 1.54) is 17.9 Å². The zero-order valence-corrected chi connectivity index (χ0v) is 11.5. The Labute approximate surface area is 102 Å². The molecule has 13 heavy (non-hydrogen) atoms. The summed E-state index contributed by atoms with van der Waals surface area (Å²) in [4.78, 5) is 0. The van der Waals surface area contributed by atoms with Crippen LogP contribution in [-0.2, 0) is 4.74 Å². The van der Waals surface area contributed by atoms with Crippen LogP contribution in [0.4, 0.5) is 0 Å². The first-order valence-electron chi connectivity index (χ1n) is 4.50. The number of hydrogen-bond donors (Lipinski definition) is 0. The van der Waals surface area contributed by atoms with E-state index >= 15 is 0 Å². The molecule has 0 fully saturated rings.